The van der Waals surface area contributed by atoms with Crippen molar-refractivity contribution in [1.29, 1.82) is 0 Å². The lowest BCUT2D eigenvalue weighted by atomic mass is 9.92. The normalized spacial score (nSPS) is 16.7. The highest BCUT2D eigenvalue weighted by atomic mass is 15.3. The van der Waals surface area contributed by atoms with Crippen LogP contribution in [0, 0.1) is 0 Å². The van der Waals surface area contributed by atoms with Crippen LogP contribution in [0.1, 0.15) is 46.2 Å². The molecule has 1 aliphatic carbocycles. The first-order valence-corrected chi connectivity index (χ1v) is 6.10. The fraction of sp³-hybridized carbons (Fsp3) is 0.500. The van der Waals surface area contributed by atoms with Crippen LogP contribution in [0.15, 0.2) is 23.8 Å². The number of nitrogens with zero attached hydrogens (tertiary/aromatic N) is 2. The molecule has 0 atom stereocenters. The van der Waals surface area contributed by atoms with Gasteiger partial charge in [0.25, 0.3) is 0 Å². The van der Waals surface area contributed by atoms with Crippen LogP contribution in [0.5, 0.6) is 0 Å². The molecule has 0 amide bonds. The van der Waals surface area contributed by atoms with Gasteiger partial charge in [0.05, 0.1) is 5.69 Å². The fourth-order valence-electron chi connectivity index (χ4n) is 1.90. The Morgan fingerprint density at radius 1 is 1.24 bits per heavy atom. The van der Waals surface area contributed by atoms with Crippen LogP contribution in [-0.4, -0.2) is 9.78 Å². The Kier molecular flexibility index (Phi) is 2.86. The molecule has 2 N–H and O–H groups in total. The highest BCUT2D eigenvalue weighted by Gasteiger charge is 2.20. The molecule has 0 spiro atoms. The number of anilines is 1. The number of rotatable bonds is 1. The zero-order valence-electron chi connectivity index (χ0n) is 11.1. The smallest absolute Gasteiger partial charge is 0.127 e. The third-order valence-electron chi connectivity index (χ3n) is 3.11. The Hall–Kier alpha value is -1.51. The van der Waals surface area contributed by atoms with Crippen LogP contribution in [-0.2, 0) is 5.41 Å². The molecule has 17 heavy (non-hydrogen) atoms. The zero-order valence-corrected chi connectivity index (χ0v) is 11.1. The maximum atomic E-state index is 6.04. The molecule has 1 aromatic heterocycles. The van der Waals surface area contributed by atoms with E-state index in [-0.39, 0.29) is 5.41 Å². The van der Waals surface area contributed by atoms with Crippen LogP contribution in [0.25, 0.3) is 5.70 Å². The first-order chi connectivity index (χ1) is 7.88. The molecule has 1 aliphatic rings. The van der Waals surface area contributed by atoms with Gasteiger partial charge in [-0.2, -0.15) is 5.10 Å². The number of hydrogen-bond donors (Lipinski definition) is 1. The van der Waals surface area contributed by atoms with Crippen LogP contribution >= 0.6 is 0 Å². The lowest BCUT2D eigenvalue weighted by Crippen LogP contribution is -2.13. The maximum absolute atomic E-state index is 6.04. The first kappa shape index (κ1) is 12.0. The molecule has 0 bridgehead atoms. The summed E-state index contributed by atoms with van der Waals surface area (Å²) in [5, 5.41) is 4.62. The van der Waals surface area contributed by atoms with Crippen molar-refractivity contribution in [2.45, 2.75) is 46.0 Å². The van der Waals surface area contributed by atoms with E-state index in [0.717, 1.165) is 24.4 Å². The van der Waals surface area contributed by atoms with Crippen molar-refractivity contribution in [2.24, 2.45) is 0 Å². The van der Waals surface area contributed by atoms with Crippen LogP contribution < -0.4 is 5.73 Å². The molecule has 1 heterocycles. The Labute approximate surface area is 103 Å². The lowest BCUT2D eigenvalue weighted by Gasteiger charge is -2.15. The number of aromatic nitrogens is 2. The molecule has 0 saturated heterocycles. The molecule has 0 aromatic carbocycles. The Morgan fingerprint density at radius 3 is 2.41 bits per heavy atom. The van der Waals surface area contributed by atoms with Crippen LogP contribution in [0.3, 0.4) is 0 Å². The molecule has 2 rings (SSSR count). The van der Waals surface area contributed by atoms with Gasteiger partial charge in [0.1, 0.15) is 5.82 Å². The summed E-state index contributed by atoms with van der Waals surface area (Å²) in [7, 11) is 0. The second kappa shape index (κ2) is 4.06. The molecule has 3 heteroatoms. The van der Waals surface area contributed by atoms with E-state index in [4.69, 9.17) is 5.73 Å². The third-order valence-corrected chi connectivity index (χ3v) is 3.11. The molecule has 3 nitrogen and oxygen atoms in total. The van der Waals surface area contributed by atoms with E-state index in [1.807, 2.05) is 10.7 Å². The minimum absolute atomic E-state index is 0.0420. The number of nitrogens with two attached hydrogens (primary N) is 1. The second-order valence-corrected chi connectivity index (χ2v) is 5.79. The van der Waals surface area contributed by atoms with Crippen molar-refractivity contribution < 1.29 is 0 Å². The average molecular weight is 231 g/mol. The first-order valence-electron chi connectivity index (χ1n) is 6.10. The SMILES string of the molecule is CC1=CC=C(n2nc(C(C)(C)C)cc2N)CC1. The van der Waals surface area contributed by atoms with E-state index in [9.17, 15) is 0 Å². The van der Waals surface area contributed by atoms with Gasteiger partial charge < -0.3 is 5.73 Å². The molecule has 0 radical (unpaired) electrons. The van der Waals surface area contributed by atoms with Crippen molar-refractivity contribution in [3.05, 3.63) is 29.5 Å². The predicted molar refractivity (Wildman–Crippen MR) is 72.6 cm³/mol. The van der Waals surface area contributed by atoms with Crippen LogP contribution in [0.4, 0.5) is 5.82 Å². The Balaban J connectivity index is 2.38. The van der Waals surface area contributed by atoms with Gasteiger partial charge in [0.15, 0.2) is 0 Å². The van der Waals surface area contributed by atoms with Crippen molar-refractivity contribution in [1.82, 2.24) is 9.78 Å². The average Bonchev–Trinajstić information content (AvgIpc) is 2.61. The Morgan fingerprint density at radius 2 is 1.94 bits per heavy atom. The summed E-state index contributed by atoms with van der Waals surface area (Å²) in [6, 6.07) is 1.98. The molecule has 92 valence electrons. The number of allylic oxidation sites excluding steroid dienone is 4. The summed E-state index contributed by atoms with van der Waals surface area (Å²) >= 11 is 0. The summed E-state index contributed by atoms with van der Waals surface area (Å²) in [5.74, 6) is 0.731. The maximum Gasteiger partial charge on any atom is 0.127 e. The molecular formula is C14H21N3. The molecule has 0 unspecified atom stereocenters. The van der Waals surface area contributed by atoms with Gasteiger partial charge in [-0.3, -0.25) is 0 Å². The topological polar surface area (TPSA) is 43.8 Å². The van der Waals surface area contributed by atoms with Gasteiger partial charge in [-0.1, -0.05) is 32.4 Å². The molecule has 0 saturated carbocycles. The Bertz CT molecular complexity index is 484. The van der Waals surface area contributed by atoms with E-state index in [1.54, 1.807) is 0 Å². The number of nitrogen functional groups attached to an aromatic ring is 1. The van der Waals surface area contributed by atoms with Crippen molar-refractivity contribution in [3.8, 4) is 0 Å². The van der Waals surface area contributed by atoms with Gasteiger partial charge in [0.2, 0.25) is 0 Å². The summed E-state index contributed by atoms with van der Waals surface area (Å²) in [6.45, 7) is 8.61. The minimum atomic E-state index is 0.0420. The third kappa shape index (κ3) is 2.43. The predicted octanol–water partition coefficient (Wildman–Crippen LogP) is 3.34. The van der Waals surface area contributed by atoms with Gasteiger partial charge in [-0.05, 0) is 25.8 Å². The van der Waals surface area contributed by atoms with E-state index >= 15 is 0 Å². The minimum Gasteiger partial charge on any atom is -0.384 e. The molecule has 1 aromatic rings. The lowest BCUT2D eigenvalue weighted by molar-refractivity contribution is 0.560. The van der Waals surface area contributed by atoms with E-state index in [2.05, 4.69) is 44.9 Å². The largest absolute Gasteiger partial charge is 0.384 e. The highest BCUT2D eigenvalue weighted by molar-refractivity contribution is 5.56. The van der Waals surface area contributed by atoms with E-state index in [1.165, 1.54) is 11.3 Å². The monoisotopic (exact) mass is 231 g/mol. The summed E-state index contributed by atoms with van der Waals surface area (Å²) in [6.07, 6.45) is 6.37. The van der Waals surface area contributed by atoms with Gasteiger partial charge in [-0.25, -0.2) is 4.68 Å². The van der Waals surface area contributed by atoms with Crippen molar-refractivity contribution in [2.75, 3.05) is 5.73 Å². The summed E-state index contributed by atoms with van der Waals surface area (Å²) < 4.78 is 1.88. The van der Waals surface area contributed by atoms with E-state index in [0.29, 0.717) is 0 Å². The standard InChI is InChI=1S/C14H21N3/c1-10-5-7-11(8-6-10)17-13(15)9-12(16-17)14(2,3)4/h5,7,9H,6,8,15H2,1-4H3. The molecule has 0 aliphatic heterocycles. The van der Waals surface area contributed by atoms with Gasteiger partial charge in [0, 0.05) is 17.2 Å². The molecule has 0 fully saturated rings. The van der Waals surface area contributed by atoms with Crippen molar-refractivity contribution in [3.63, 3.8) is 0 Å². The second-order valence-electron chi connectivity index (χ2n) is 5.79. The summed E-state index contributed by atoms with van der Waals surface area (Å²) in [4.78, 5) is 0. The van der Waals surface area contributed by atoms with E-state index < -0.39 is 0 Å². The van der Waals surface area contributed by atoms with Gasteiger partial charge in [-0.15, -0.1) is 0 Å². The highest BCUT2D eigenvalue weighted by Crippen LogP contribution is 2.27. The number of hydrogen-bond acceptors (Lipinski definition) is 2. The van der Waals surface area contributed by atoms with Crippen LogP contribution in [0.2, 0.25) is 0 Å². The molecular weight excluding hydrogens is 210 g/mol. The fourth-order valence-corrected chi connectivity index (χ4v) is 1.90. The quantitative estimate of drug-likeness (QED) is 0.805. The van der Waals surface area contributed by atoms with Gasteiger partial charge >= 0.3 is 0 Å². The summed E-state index contributed by atoms with van der Waals surface area (Å²) in [5.41, 5.74) is 9.72. The van der Waals surface area contributed by atoms with Crippen molar-refractivity contribution >= 4 is 11.5 Å². The zero-order chi connectivity index (χ0) is 12.6.